The summed E-state index contributed by atoms with van der Waals surface area (Å²) >= 11 is 0. The first-order chi connectivity index (χ1) is 14.2. The second kappa shape index (κ2) is 9.73. The third-order valence-corrected chi connectivity index (χ3v) is 6.40. The van der Waals surface area contributed by atoms with E-state index in [-0.39, 0.29) is 12.1 Å². The predicted octanol–water partition coefficient (Wildman–Crippen LogP) is 4.74. The number of likely N-dealkylation sites (tertiary alicyclic amines) is 1. The van der Waals surface area contributed by atoms with Crippen LogP contribution in [0.25, 0.3) is 10.8 Å². The Kier molecular flexibility index (Phi) is 6.83. The lowest BCUT2D eigenvalue weighted by Gasteiger charge is -2.37. The minimum atomic E-state index is -0.165. The highest BCUT2D eigenvalue weighted by atomic mass is 16.5. The van der Waals surface area contributed by atoms with E-state index in [2.05, 4.69) is 47.4 Å². The Hall–Kier alpha value is -1.91. The van der Waals surface area contributed by atoms with Crippen LogP contribution in [0.4, 0.5) is 0 Å². The first-order valence-corrected chi connectivity index (χ1v) is 11.2. The lowest BCUT2D eigenvalue weighted by Crippen LogP contribution is -2.46. The van der Waals surface area contributed by atoms with Gasteiger partial charge in [0, 0.05) is 32.7 Å². The molecule has 2 aromatic carbocycles. The molecule has 2 fully saturated rings. The summed E-state index contributed by atoms with van der Waals surface area (Å²) in [6.45, 7) is 4.20. The highest BCUT2D eigenvalue weighted by molar-refractivity contribution is 5.82. The molecule has 1 saturated heterocycles. The second-order valence-electron chi connectivity index (χ2n) is 8.56. The number of nitrogens with zero attached hydrogens (tertiary/aromatic N) is 1. The SMILES string of the molecule is CC(=O)OC1CCN([C@@H]2CCCCC2OCCCc2ccc3ccccc3c2)C1. The summed E-state index contributed by atoms with van der Waals surface area (Å²) in [6.07, 6.45) is 8.31. The number of aryl methyl sites for hydroxylation is 1. The van der Waals surface area contributed by atoms with Gasteiger partial charge < -0.3 is 9.47 Å². The van der Waals surface area contributed by atoms with Crippen molar-refractivity contribution in [3.8, 4) is 0 Å². The Balaban J connectivity index is 1.26. The van der Waals surface area contributed by atoms with E-state index in [9.17, 15) is 4.79 Å². The molecule has 1 aliphatic carbocycles. The number of carbonyl (C=O) groups is 1. The van der Waals surface area contributed by atoms with E-state index in [0.717, 1.165) is 45.4 Å². The quantitative estimate of drug-likeness (QED) is 0.501. The van der Waals surface area contributed by atoms with E-state index in [1.807, 2.05) is 0 Å². The van der Waals surface area contributed by atoms with Crippen LogP contribution in [0.3, 0.4) is 0 Å². The molecule has 0 aromatic heterocycles. The summed E-state index contributed by atoms with van der Waals surface area (Å²) in [6, 6.07) is 15.8. The first kappa shape index (κ1) is 20.4. The molecule has 4 heteroatoms. The summed E-state index contributed by atoms with van der Waals surface area (Å²) in [5.74, 6) is -0.165. The van der Waals surface area contributed by atoms with E-state index in [1.165, 1.54) is 42.5 Å². The molecule has 0 N–H and O–H groups in total. The Morgan fingerprint density at radius 3 is 2.76 bits per heavy atom. The van der Waals surface area contributed by atoms with E-state index in [1.54, 1.807) is 0 Å². The van der Waals surface area contributed by atoms with Gasteiger partial charge in [-0.15, -0.1) is 0 Å². The summed E-state index contributed by atoms with van der Waals surface area (Å²) in [5, 5.41) is 2.62. The zero-order valence-electron chi connectivity index (χ0n) is 17.5. The smallest absolute Gasteiger partial charge is 0.302 e. The molecule has 1 aliphatic heterocycles. The maximum atomic E-state index is 11.2. The molecule has 0 spiro atoms. The molecule has 156 valence electrons. The molecule has 1 saturated carbocycles. The average molecular weight is 396 g/mol. The summed E-state index contributed by atoms with van der Waals surface area (Å²) < 4.78 is 11.8. The van der Waals surface area contributed by atoms with Crippen LogP contribution in [0, 0.1) is 0 Å². The maximum absolute atomic E-state index is 11.2. The largest absolute Gasteiger partial charge is 0.461 e. The van der Waals surface area contributed by atoms with Gasteiger partial charge in [0.2, 0.25) is 0 Å². The fourth-order valence-corrected chi connectivity index (χ4v) is 4.98. The highest BCUT2D eigenvalue weighted by Crippen LogP contribution is 2.29. The van der Waals surface area contributed by atoms with E-state index in [4.69, 9.17) is 9.47 Å². The molecule has 0 radical (unpaired) electrons. The van der Waals surface area contributed by atoms with Crippen molar-refractivity contribution in [3.05, 3.63) is 48.0 Å². The zero-order valence-corrected chi connectivity index (χ0v) is 17.5. The first-order valence-electron chi connectivity index (χ1n) is 11.2. The molecular weight excluding hydrogens is 362 g/mol. The van der Waals surface area contributed by atoms with Crippen LogP contribution in [0.5, 0.6) is 0 Å². The third kappa shape index (κ3) is 5.37. The van der Waals surface area contributed by atoms with Crippen LogP contribution in [-0.4, -0.2) is 48.8 Å². The molecule has 29 heavy (non-hydrogen) atoms. The molecule has 1 heterocycles. The monoisotopic (exact) mass is 395 g/mol. The molecule has 4 nitrogen and oxygen atoms in total. The minimum Gasteiger partial charge on any atom is -0.461 e. The molecule has 4 rings (SSSR count). The maximum Gasteiger partial charge on any atom is 0.302 e. The van der Waals surface area contributed by atoms with Crippen LogP contribution >= 0.6 is 0 Å². The van der Waals surface area contributed by atoms with Gasteiger partial charge in [0.1, 0.15) is 6.10 Å². The number of hydrogen-bond donors (Lipinski definition) is 0. The van der Waals surface area contributed by atoms with Crippen molar-refractivity contribution < 1.29 is 14.3 Å². The lowest BCUT2D eigenvalue weighted by molar-refractivity contribution is -0.145. The van der Waals surface area contributed by atoms with Crippen molar-refractivity contribution in [3.63, 3.8) is 0 Å². The lowest BCUT2D eigenvalue weighted by atomic mass is 9.91. The van der Waals surface area contributed by atoms with Gasteiger partial charge in [-0.05, 0) is 48.4 Å². The fraction of sp³-hybridized carbons (Fsp3) is 0.560. The van der Waals surface area contributed by atoms with E-state index in [0.29, 0.717) is 12.1 Å². The van der Waals surface area contributed by atoms with Gasteiger partial charge in [-0.2, -0.15) is 0 Å². The van der Waals surface area contributed by atoms with Crippen molar-refractivity contribution in [2.45, 2.75) is 70.1 Å². The standard InChI is InChI=1S/C25H33NO3/c1-19(27)29-23-14-15-26(18-23)24-10-4-5-11-25(24)28-16-6-7-20-12-13-21-8-2-3-9-22(21)17-20/h2-3,8-9,12-13,17,23-25H,4-7,10-11,14-16,18H2,1H3/t23?,24-,25?/m1/s1. The van der Waals surface area contributed by atoms with Crippen molar-refractivity contribution >= 4 is 16.7 Å². The van der Waals surface area contributed by atoms with Gasteiger partial charge in [-0.1, -0.05) is 55.3 Å². The van der Waals surface area contributed by atoms with Gasteiger partial charge in [0.05, 0.1) is 6.10 Å². The highest BCUT2D eigenvalue weighted by Gasteiger charge is 2.36. The second-order valence-corrected chi connectivity index (χ2v) is 8.56. The van der Waals surface area contributed by atoms with Crippen molar-refractivity contribution in [1.82, 2.24) is 4.90 Å². The topological polar surface area (TPSA) is 38.8 Å². The van der Waals surface area contributed by atoms with Crippen LogP contribution in [0.1, 0.15) is 51.0 Å². The van der Waals surface area contributed by atoms with Crippen molar-refractivity contribution in [2.24, 2.45) is 0 Å². The number of carbonyl (C=O) groups excluding carboxylic acids is 1. The van der Waals surface area contributed by atoms with Gasteiger partial charge >= 0.3 is 5.97 Å². The van der Waals surface area contributed by atoms with E-state index >= 15 is 0 Å². The number of esters is 1. The molecule has 0 bridgehead atoms. The number of hydrogen-bond acceptors (Lipinski definition) is 4. The Labute approximate surface area is 174 Å². The van der Waals surface area contributed by atoms with Crippen LogP contribution in [-0.2, 0) is 20.7 Å². The molecule has 0 amide bonds. The predicted molar refractivity (Wildman–Crippen MR) is 116 cm³/mol. The molecule has 2 unspecified atom stereocenters. The molecule has 3 atom stereocenters. The van der Waals surface area contributed by atoms with Crippen LogP contribution in [0.15, 0.2) is 42.5 Å². The van der Waals surface area contributed by atoms with Crippen molar-refractivity contribution in [1.29, 1.82) is 0 Å². The Bertz CT molecular complexity index is 821. The van der Waals surface area contributed by atoms with Gasteiger partial charge in [0.25, 0.3) is 0 Å². The number of ether oxygens (including phenoxy) is 2. The van der Waals surface area contributed by atoms with E-state index < -0.39 is 0 Å². The molecular formula is C25H33NO3. The van der Waals surface area contributed by atoms with Gasteiger partial charge in [-0.25, -0.2) is 0 Å². The van der Waals surface area contributed by atoms with Crippen molar-refractivity contribution in [2.75, 3.05) is 19.7 Å². The third-order valence-electron chi connectivity index (χ3n) is 6.40. The van der Waals surface area contributed by atoms with Crippen LogP contribution < -0.4 is 0 Å². The Morgan fingerprint density at radius 2 is 1.90 bits per heavy atom. The normalized spacial score (nSPS) is 25.3. The number of rotatable bonds is 7. The molecule has 2 aliphatic rings. The number of fused-ring (bicyclic) bond motifs is 1. The minimum absolute atomic E-state index is 0.0583. The Morgan fingerprint density at radius 1 is 1.07 bits per heavy atom. The summed E-state index contributed by atoms with van der Waals surface area (Å²) in [7, 11) is 0. The van der Waals surface area contributed by atoms with Gasteiger partial charge in [-0.3, -0.25) is 9.69 Å². The fourth-order valence-electron chi connectivity index (χ4n) is 4.98. The summed E-state index contributed by atoms with van der Waals surface area (Å²) in [4.78, 5) is 13.7. The number of benzene rings is 2. The zero-order chi connectivity index (χ0) is 20.1. The van der Waals surface area contributed by atoms with Gasteiger partial charge in [0.15, 0.2) is 0 Å². The average Bonchev–Trinajstić information content (AvgIpc) is 3.19. The van der Waals surface area contributed by atoms with Crippen LogP contribution in [0.2, 0.25) is 0 Å². The molecule has 2 aromatic rings. The summed E-state index contributed by atoms with van der Waals surface area (Å²) in [5.41, 5.74) is 1.39.